The zero-order valence-electron chi connectivity index (χ0n) is 18.3. The van der Waals surface area contributed by atoms with E-state index in [0.717, 1.165) is 58.0 Å². The third-order valence-corrected chi connectivity index (χ3v) is 6.86. The van der Waals surface area contributed by atoms with E-state index < -0.39 is 24.4 Å². The van der Waals surface area contributed by atoms with Gasteiger partial charge in [0.25, 0.3) is 11.8 Å². The second-order valence-electron chi connectivity index (χ2n) is 7.95. The summed E-state index contributed by atoms with van der Waals surface area (Å²) in [5, 5.41) is 7.54. The maximum atomic E-state index is 12.3. The van der Waals surface area contributed by atoms with E-state index in [1.165, 1.54) is 11.3 Å². The molecule has 168 valence electrons. The molecule has 0 saturated carbocycles. The van der Waals surface area contributed by atoms with E-state index >= 15 is 0 Å². The lowest BCUT2D eigenvalue weighted by atomic mass is 10.1. The molecule has 1 aliphatic carbocycles. The van der Waals surface area contributed by atoms with Gasteiger partial charge in [-0.25, -0.2) is 9.50 Å². The molecule has 0 unspecified atom stereocenters. The van der Waals surface area contributed by atoms with Crippen LogP contribution in [-0.4, -0.2) is 39.0 Å². The summed E-state index contributed by atoms with van der Waals surface area (Å²) < 4.78 is 6.91. The van der Waals surface area contributed by atoms with Crippen molar-refractivity contribution in [2.45, 2.75) is 52.9 Å². The molecule has 0 aromatic carbocycles. The predicted octanol–water partition coefficient (Wildman–Crippen LogP) is 2.42. The zero-order chi connectivity index (χ0) is 23.0. The zero-order valence-corrected chi connectivity index (χ0v) is 19.1. The number of rotatable bonds is 7. The standard InChI is InChI=1S/C22H25N5O4S/c1-11-9-17-24-12(2)14(13(3)27(17)26-11)7-8-19(29)31-10-18(28)25-22-20(21(23)30)15-5-4-6-16(15)32-22/h9H,4-8,10H2,1-3H3,(H2,23,30)(H,25,28). The van der Waals surface area contributed by atoms with Crippen molar-refractivity contribution in [2.75, 3.05) is 11.9 Å². The molecule has 3 aromatic rings. The molecule has 1 aliphatic rings. The van der Waals surface area contributed by atoms with Gasteiger partial charge in [-0.15, -0.1) is 11.3 Å². The minimum Gasteiger partial charge on any atom is -0.456 e. The lowest BCUT2D eigenvalue weighted by molar-refractivity contribution is -0.147. The molecular formula is C22H25N5O4S. The first-order valence-corrected chi connectivity index (χ1v) is 11.3. The van der Waals surface area contributed by atoms with Crippen LogP contribution in [0.5, 0.6) is 0 Å². The van der Waals surface area contributed by atoms with Gasteiger partial charge in [0.15, 0.2) is 12.3 Å². The number of nitrogens with zero attached hydrogens (tertiary/aromatic N) is 3. The minimum atomic E-state index is -0.555. The average molecular weight is 456 g/mol. The van der Waals surface area contributed by atoms with Crippen LogP contribution in [0.2, 0.25) is 0 Å². The van der Waals surface area contributed by atoms with Crippen LogP contribution in [-0.2, 0) is 33.6 Å². The SMILES string of the molecule is Cc1cc2nc(C)c(CCC(=O)OCC(=O)Nc3sc4c(c3C(N)=O)CCC4)c(C)n2n1. The number of nitrogens with one attached hydrogen (secondary N) is 1. The van der Waals surface area contributed by atoms with Crippen LogP contribution < -0.4 is 11.1 Å². The van der Waals surface area contributed by atoms with Crippen molar-refractivity contribution in [1.82, 2.24) is 14.6 Å². The van der Waals surface area contributed by atoms with Gasteiger partial charge in [0, 0.05) is 28.8 Å². The Morgan fingerprint density at radius 3 is 2.78 bits per heavy atom. The van der Waals surface area contributed by atoms with Crippen LogP contribution in [0.4, 0.5) is 5.00 Å². The molecule has 4 rings (SSSR count). The average Bonchev–Trinajstić information content (AvgIpc) is 3.39. The molecule has 3 heterocycles. The minimum absolute atomic E-state index is 0.113. The van der Waals surface area contributed by atoms with Gasteiger partial charge in [0.1, 0.15) is 5.00 Å². The Balaban J connectivity index is 1.34. The highest BCUT2D eigenvalue weighted by molar-refractivity contribution is 7.17. The summed E-state index contributed by atoms with van der Waals surface area (Å²) in [6.45, 7) is 5.32. The maximum Gasteiger partial charge on any atom is 0.306 e. The summed E-state index contributed by atoms with van der Waals surface area (Å²) in [7, 11) is 0. The van der Waals surface area contributed by atoms with Crippen LogP contribution in [0.25, 0.3) is 5.65 Å². The van der Waals surface area contributed by atoms with Crippen LogP contribution in [0.3, 0.4) is 0 Å². The number of thiophene rings is 1. The first-order valence-electron chi connectivity index (χ1n) is 10.5. The number of primary amides is 1. The van der Waals surface area contributed by atoms with E-state index in [2.05, 4.69) is 15.4 Å². The van der Waals surface area contributed by atoms with E-state index in [9.17, 15) is 14.4 Å². The Kier molecular flexibility index (Phi) is 5.96. The van der Waals surface area contributed by atoms with E-state index in [0.29, 0.717) is 17.0 Å². The van der Waals surface area contributed by atoms with E-state index in [4.69, 9.17) is 10.5 Å². The first kappa shape index (κ1) is 21.9. The fourth-order valence-corrected chi connectivity index (χ4v) is 5.47. The number of fused-ring (bicyclic) bond motifs is 2. The molecule has 2 amide bonds. The van der Waals surface area contributed by atoms with Gasteiger partial charge in [-0.05, 0) is 57.6 Å². The van der Waals surface area contributed by atoms with Gasteiger partial charge >= 0.3 is 5.97 Å². The summed E-state index contributed by atoms with van der Waals surface area (Å²) in [5.74, 6) is -1.54. The molecular weight excluding hydrogens is 430 g/mol. The summed E-state index contributed by atoms with van der Waals surface area (Å²) >= 11 is 1.36. The number of ether oxygens (including phenoxy) is 1. The second kappa shape index (κ2) is 8.70. The van der Waals surface area contributed by atoms with E-state index in [1.54, 1.807) is 4.52 Å². The Morgan fingerprint density at radius 2 is 2.03 bits per heavy atom. The molecule has 32 heavy (non-hydrogen) atoms. The van der Waals surface area contributed by atoms with Crippen LogP contribution in [0, 0.1) is 20.8 Å². The molecule has 0 radical (unpaired) electrons. The summed E-state index contributed by atoms with van der Waals surface area (Å²) in [6.07, 6.45) is 3.19. The van der Waals surface area contributed by atoms with E-state index in [1.807, 2.05) is 26.8 Å². The van der Waals surface area contributed by atoms with Gasteiger partial charge in [-0.2, -0.15) is 5.10 Å². The normalized spacial score (nSPS) is 12.7. The van der Waals surface area contributed by atoms with Crippen LogP contribution in [0.15, 0.2) is 6.07 Å². The lowest BCUT2D eigenvalue weighted by Gasteiger charge is -2.11. The largest absolute Gasteiger partial charge is 0.456 e. The number of amides is 2. The van der Waals surface area contributed by atoms with E-state index in [-0.39, 0.29) is 6.42 Å². The third kappa shape index (κ3) is 4.22. The monoisotopic (exact) mass is 455 g/mol. The van der Waals surface area contributed by atoms with Crippen molar-refractivity contribution in [3.63, 3.8) is 0 Å². The summed E-state index contributed by atoms with van der Waals surface area (Å²) in [5.41, 5.74) is 11.2. The van der Waals surface area contributed by atoms with Crippen molar-refractivity contribution in [3.05, 3.63) is 44.7 Å². The molecule has 9 nitrogen and oxygen atoms in total. The van der Waals surface area contributed by atoms with Gasteiger partial charge in [0.2, 0.25) is 0 Å². The van der Waals surface area contributed by atoms with Gasteiger partial charge in [-0.3, -0.25) is 14.4 Å². The number of hydrogen-bond donors (Lipinski definition) is 2. The molecule has 0 saturated heterocycles. The second-order valence-corrected chi connectivity index (χ2v) is 9.06. The number of carbonyl (C=O) groups is 3. The molecule has 0 spiro atoms. The Bertz CT molecular complexity index is 1240. The van der Waals surface area contributed by atoms with Crippen LogP contribution >= 0.6 is 11.3 Å². The topological polar surface area (TPSA) is 129 Å². The lowest BCUT2D eigenvalue weighted by Crippen LogP contribution is -2.23. The highest BCUT2D eigenvalue weighted by atomic mass is 32.1. The molecule has 0 atom stereocenters. The Morgan fingerprint density at radius 1 is 1.25 bits per heavy atom. The number of aryl methyl sites for hydroxylation is 4. The quantitative estimate of drug-likeness (QED) is 0.527. The first-order chi connectivity index (χ1) is 15.2. The van der Waals surface area contributed by atoms with Gasteiger partial charge in [-0.1, -0.05) is 0 Å². The number of hydrogen-bond acceptors (Lipinski definition) is 7. The number of carbonyl (C=O) groups excluding carboxylic acids is 3. The fourth-order valence-electron chi connectivity index (χ4n) is 4.16. The molecule has 0 aliphatic heterocycles. The highest BCUT2D eigenvalue weighted by Gasteiger charge is 2.26. The van der Waals surface area contributed by atoms with Gasteiger partial charge in [0.05, 0.1) is 11.3 Å². The Hall–Kier alpha value is -3.27. The molecule has 3 aromatic heterocycles. The number of aromatic nitrogens is 3. The van der Waals surface area contributed by atoms with Crippen LogP contribution in [0.1, 0.15) is 56.3 Å². The molecule has 3 N–H and O–H groups in total. The van der Waals surface area contributed by atoms with Crippen molar-refractivity contribution in [1.29, 1.82) is 0 Å². The maximum absolute atomic E-state index is 12.3. The predicted molar refractivity (Wildman–Crippen MR) is 120 cm³/mol. The fraction of sp³-hybridized carbons (Fsp3) is 0.409. The van der Waals surface area contributed by atoms with Crippen molar-refractivity contribution in [2.24, 2.45) is 5.73 Å². The van der Waals surface area contributed by atoms with Gasteiger partial charge < -0.3 is 15.8 Å². The molecule has 0 bridgehead atoms. The smallest absolute Gasteiger partial charge is 0.306 e. The molecule has 10 heteroatoms. The number of anilines is 1. The van der Waals surface area contributed by atoms with Crippen molar-refractivity contribution < 1.29 is 19.1 Å². The highest BCUT2D eigenvalue weighted by Crippen LogP contribution is 2.38. The van der Waals surface area contributed by atoms with Crippen molar-refractivity contribution >= 4 is 39.8 Å². The summed E-state index contributed by atoms with van der Waals surface area (Å²) in [6, 6.07) is 1.91. The molecule has 0 fully saturated rings. The number of nitrogens with two attached hydrogens (primary N) is 1. The Labute approximate surface area is 189 Å². The van der Waals surface area contributed by atoms with Crippen molar-refractivity contribution in [3.8, 4) is 0 Å². The summed E-state index contributed by atoms with van der Waals surface area (Å²) in [4.78, 5) is 42.0. The number of esters is 1. The third-order valence-electron chi connectivity index (χ3n) is 5.65.